The molecule has 10 aromatic carbocycles. The van der Waals surface area contributed by atoms with Crippen molar-refractivity contribution in [3.63, 3.8) is 0 Å². The number of furan rings is 1. The van der Waals surface area contributed by atoms with Crippen LogP contribution in [-0.4, -0.2) is 24.1 Å². The van der Waals surface area contributed by atoms with Crippen LogP contribution in [0.4, 0.5) is 0 Å². The molecule has 0 spiro atoms. The smallest absolute Gasteiger partial charge is 0.238 e. The molecule has 0 fully saturated rings. The highest BCUT2D eigenvalue weighted by Gasteiger charge is 2.24. The lowest BCUT2D eigenvalue weighted by Gasteiger charge is -2.13. The molecule has 0 aliphatic heterocycles. The molecule has 14 rings (SSSR count). The maximum absolute atomic E-state index is 6.73. The van der Waals surface area contributed by atoms with Gasteiger partial charge in [0.1, 0.15) is 11.2 Å². The summed E-state index contributed by atoms with van der Waals surface area (Å²) in [6, 6.07) is 70.6. The molecule has 4 heterocycles. The summed E-state index contributed by atoms with van der Waals surface area (Å²) in [4.78, 5) is 15.9. The number of aromatic nitrogens is 5. The second kappa shape index (κ2) is 12.9. The van der Waals surface area contributed by atoms with E-state index in [4.69, 9.17) is 19.4 Å². The number of fused-ring (bicyclic) bond motifs is 10. The SMILES string of the molecule is c1ccc(-c2nc(-c3ccc(-c4ccc5c6ccccc6c6cccc7oc4c5c76)cc3)nc(-n3c4ccccc4c4ccc5c6ccccc6n(-c6ccccc6)c5c43)n2)cc1. The lowest BCUT2D eigenvalue weighted by molar-refractivity contribution is 0.670. The molecule has 0 saturated carbocycles. The predicted molar refractivity (Wildman–Crippen MR) is 258 cm³/mol. The molecular formula is C57H33N5O. The lowest BCUT2D eigenvalue weighted by Crippen LogP contribution is -2.07. The Hall–Kier alpha value is -8.61. The van der Waals surface area contributed by atoms with Crippen LogP contribution in [0.2, 0.25) is 0 Å². The van der Waals surface area contributed by atoms with E-state index in [0.29, 0.717) is 17.6 Å². The van der Waals surface area contributed by atoms with Crippen molar-refractivity contribution >= 4 is 87.1 Å². The van der Waals surface area contributed by atoms with Crippen molar-refractivity contribution in [3.05, 3.63) is 200 Å². The molecule has 0 amide bonds. The van der Waals surface area contributed by atoms with Crippen molar-refractivity contribution < 1.29 is 4.42 Å². The van der Waals surface area contributed by atoms with Gasteiger partial charge in [0.2, 0.25) is 5.95 Å². The summed E-state index contributed by atoms with van der Waals surface area (Å²) in [6.07, 6.45) is 0. The summed E-state index contributed by atoms with van der Waals surface area (Å²) in [6.45, 7) is 0. The predicted octanol–water partition coefficient (Wildman–Crippen LogP) is 14.7. The minimum atomic E-state index is 0.552. The second-order valence-electron chi connectivity index (χ2n) is 16.3. The number of nitrogens with zero attached hydrogens (tertiary/aromatic N) is 5. The first-order valence-corrected chi connectivity index (χ1v) is 21.3. The zero-order valence-corrected chi connectivity index (χ0v) is 33.7. The maximum Gasteiger partial charge on any atom is 0.238 e. The molecule has 0 N–H and O–H groups in total. The van der Waals surface area contributed by atoms with Gasteiger partial charge in [-0.15, -0.1) is 0 Å². The summed E-state index contributed by atoms with van der Waals surface area (Å²) in [7, 11) is 0. The fourth-order valence-corrected chi connectivity index (χ4v) is 10.2. The van der Waals surface area contributed by atoms with Crippen molar-refractivity contribution in [1.29, 1.82) is 0 Å². The quantitative estimate of drug-likeness (QED) is 0.163. The van der Waals surface area contributed by atoms with Gasteiger partial charge in [-0.2, -0.15) is 9.97 Å². The Morgan fingerprint density at radius 1 is 0.333 bits per heavy atom. The molecule has 63 heavy (non-hydrogen) atoms. The van der Waals surface area contributed by atoms with Crippen molar-refractivity contribution in [2.75, 3.05) is 0 Å². The van der Waals surface area contributed by atoms with Gasteiger partial charge in [0.05, 0.1) is 22.1 Å². The zero-order chi connectivity index (χ0) is 41.2. The van der Waals surface area contributed by atoms with E-state index < -0.39 is 0 Å². The molecular weight excluding hydrogens is 771 g/mol. The van der Waals surface area contributed by atoms with Crippen LogP contribution in [0, 0.1) is 0 Å². The Labute approximate surface area is 359 Å². The minimum Gasteiger partial charge on any atom is -0.455 e. The molecule has 0 radical (unpaired) electrons. The summed E-state index contributed by atoms with van der Waals surface area (Å²) in [5.41, 5.74) is 11.1. The summed E-state index contributed by atoms with van der Waals surface area (Å²) < 4.78 is 11.4. The van der Waals surface area contributed by atoms with Crippen LogP contribution < -0.4 is 0 Å². The summed E-state index contributed by atoms with van der Waals surface area (Å²) >= 11 is 0. The van der Waals surface area contributed by atoms with Crippen LogP contribution >= 0.6 is 0 Å². The molecule has 6 heteroatoms. The van der Waals surface area contributed by atoms with Crippen LogP contribution in [0.5, 0.6) is 0 Å². The first-order valence-electron chi connectivity index (χ1n) is 21.3. The molecule has 0 saturated heterocycles. The highest BCUT2D eigenvalue weighted by Crippen LogP contribution is 2.46. The monoisotopic (exact) mass is 803 g/mol. The Morgan fingerprint density at radius 2 is 0.841 bits per heavy atom. The molecule has 0 atom stereocenters. The highest BCUT2D eigenvalue weighted by atomic mass is 16.3. The molecule has 4 aromatic heterocycles. The van der Waals surface area contributed by atoms with Crippen molar-refractivity contribution in [1.82, 2.24) is 24.1 Å². The van der Waals surface area contributed by atoms with Gasteiger partial charge >= 0.3 is 0 Å². The van der Waals surface area contributed by atoms with E-state index in [1.807, 2.05) is 18.2 Å². The van der Waals surface area contributed by atoms with E-state index in [1.54, 1.807) is 0 Å². The molecule has 0 aliphatic rings. The standard InChI is InChI=1S/C57H33N5O/c1-3-14-35(15-4-1)55-58-56(36-28-26-34(27-29-36)38-30-31-44-40-19-8-7-18-39(40)43-22-13-25-49-50(43)51(44)54(38)63-49)60-57(59-55)62-48-24-12-10-21-42(48)46-33-32-45-41-20-9-11-23-47(41)61(52(45)53(46)62)37-16-5-2-6-17-37/h1-33H. The topological polar surface area (TPSA) is 61.7 Å². The van der Waals surface area contributed by atoms with Gasteiger partial charge in [0.15, 0.2) is 11.6 Å². The van der Waals surface area contributed by atoms with Crippen molar-refractivity contribution in [2.45, 2.75) is 0 Å². The molecule has 292 valence electrons. The van der Waals surface area contributed by atoms with Gasteiger partial charge in [-0.1, -0.05) is 164 Å². The van der Waals surface area contributed by atoms with Gasteiger partial charge < -0.3 is 8.98 Å². The van der Waals surface area contributed by atoms with Crippen LogP contribution in [0.3, 0.4) is 0 Å². The third kappa shape index (κ3) is 4.86. The highest BCUT2D eigenvalue weighted by molar-refractivity contribution is 6.34. The van der Waals surface area contributed by atoms with E-state index in [0.717, 1.165) is 77.3 Å². The third-order valence-electron chi connectivity index (χ3n) is 12.9. The van der Waals surface area contributed by atoms with Crippen LogP contribution in [0.25, 0.3) is 133 Å². The Bertz CT molecular complexity index is 4130. The van der Waals surface area contributed by atoms with Crippen LogP contribution in [0.15, 0.2) is 205 Å². The second-order valence-corrected chi connectivity index (χ2v) is 16.3. The zero-order valence-electron chi connectivity index (χ0n) is 33.7. The van der Waals surface area contributed by atoms with E-state index in [9.17, 15) is 0 Å². The van der Waals surface area contributed by atoms with Gasteiger partial charge in [0.25, 0.3) is 0 Å². The largest absolute Gasteiger partial charge is 0.455 e. The molecule has 0 bridgehead atoms. The first kappa shape index (κ1) is 34.1. The van der Waals surface area contributed by atoms with E-state index >= 15 is 0 Å². The normalized spacial score (nSPS) is 12.1. The van der Waals surface area contributed by atoms with Crippen molar-refractivity contribution in [2.24, 2.45) is 0 Å². The first-order chi connectivity index (χ1) is 31.3. The van der Waals surface area contributed by atoms with E-state index in [2.05, 4.69) is 191 Å². The van der Waals surface area contributed by atoms with Crippen molar-refractivity contribution in [3.8, 4) is 45.5 Å². The van der Waals surface area contributed by atoms with Gasteiger partial charge in [-0.25, -0.2) is 4.98 Å². The third-order valence-corrected chi connectivity index (χ3v) is 12.9. The number of hydrogen-bond acceptors (Lipinski definition) is 4. The Balaban J connectivity index is 1.000. The average Bonchev–Trinajstić information content (AvgIpc) is 4.03. The maximum atomic E-state index is 6.73. The summed E-state index contributed by atoms with van der Waals surface area (Å²) in [5.74, 6) is 1.75. The number of para-hydroxylation sites is 3. The Kier molecular flexibility index (Phi) is 7.02. The van der Waals surface area contributed by atoms with Gasteiger partial charge in [0, 0.05) is 54.7 Å². The number of benzene rings is 10. The fourth-order valence-electron chi connectivity index (χ4n) is 10.2. The molecule has 6 nitrogen and oxygen atoms in total. The van der Waals surface area contributed by atoms with Crippen LogP contribution in [-0.2, 0) is 0 Å². The summed E-state index contributed by atoms with van der Waals surface area (Å²) in [5, 5.41) is 11.9. The van der Waals surface area contributed by atoms with Gasteiger partial charge in [-0.3, -0.25) is 4.57 Å². The fraction of sp³-hybridized carbons (Fsp3) is 0. The lowest BCUT2D eigenvalue weighted by atomic mass is 9.92. The molecule has 0 aliphatic carbocycles. The molecule has 14 aromatic rings. The minimum absolute atomic E-state index is 0.552. The van der Waals surface area contributed by atoms with E-state index in [1.165, 1.54) is 37.7 Å². The number of hydrogen-bond donors (Lipinski definition) is 0. The molecule has 0 unspecified atom stereocenters. The van der Waals surface area contributed by atoms with Gasteiger partial charge in [-0.05, 0) is 63.5 Å². The van der Waals surface area contributed by atoms with E-state index in [-0.39, 0.29) is 0 Å². The van der Waals surface area contributed by atoms with Crippen LogP contribution in [0.1, 0.15) is 0 Å². The number of rotatable bonds is 5. The Morgan fingerprint density at radius 3 is 1.52 bits per heavy atom. The average molecular weight is 804 g/mol.